The third-order valence-electron chi connectivity index (χ3n) is 1.43. The highest BCUT2D eigenvalue weighted by atomic mass is 35.5. The molecule has 0 fully saturated rings. The molecule has 1 aromatic rings. The quantitative estimate of drug-likeness (QED) is 0.782. The van der Waals surface area contributed by atoms with Gasteiger partial charge in [-0.1, -0.05) is 23.2 Å². The Bertz CT molecular complexity index is 352. The molecular weight excluding hydrogens is 218 g/mol. The molecule has 0 amide bonds. The third kappa shape index (κ3) is 2.57. The van der Waals surface area contributed by atoms with Gasteiger partial charge < -0.3 is 5.11 Å². The molecule has 0 heterocycles. The molecule has 5 heteroatoms. The van der Waals surface area contributed by atoms with Crippen molar-refractivity contribution in [1.82, 2.24) is 0 Å². The first-order valence-corrected chi connectivity index (χ1v) is 4.11. The minimum atomic E-state index is -1.11. The lowest BCUT2D eigenvalue weighted by molar-refractivity contribution is -0.136. The van der Waals surface area contributed by atoms with Crippen molar-refractivity contribution in [3.63, 3.8) is 0 Å². The molecule has 0 bridgehead atoms. The van der Waals surface area contributed by atoms with Gasteiger partial charge in [0.15, 0.2) is 0 Å². The second-order valence-corrected chi connectivity index (χ2v) is 3.24. The average molecular weight is 223 g/mol. The van der Waals surface area contributed by atoms with Gasteiger partial charge in [-0.25, -0.2) is 4.39 Å². The number of carbonyl (C=O) groups is 1. The Hall–Kier alpha value is -0.800. The van der Waals surface area contributed by atoms with Crippen molar-refractivity contribution in [1.29, 1.82) is 0 Å². The Kier molecular flexibility index (Phi) is 3.12. The van der Waals surface area contributed by atoms with Crippen LogP contribution in [0, 0.1) is 5.82 Å². The number of hydrogen-bond donors (Lipinski definition) is 1. The molecule has 0 saturated carbocycles. The summed E-state index contributed by atoms with van der Waals surface area (Å²) in [6.07, 6.45) is -0.400. The first kappa shape index (κ1) is 10.3. The van der Waals surface area contributed by atoms with Gasteiger partial charge >= 0.3 is 5.97 Å². The molecule has 2 nitrogen and oxygen atoms in total. The van der Waals surface area contributed by atoms with Crippen LogP contribution in [0.5, 0.6) is 0 Å². The van der Waals surface area contributed by atoms with Gasteiger partial charge in [0.05, 0.1) is 16.5 Å². The second-order valence-electron chi connectivity index (χ2n) is 2.43. The molecule has 0 aliphatic carbocycles. The van der Waals surface area contributed by atoms with E-state index in [2.05, 4.69) is 0 Å². The van der Waals surface area contributed by atoms with E-state index in [1.54, 1.807) is 0 Å². The molecule has 0 aromatic heterocycles. The van der Waals surface area contributed by atoms with Gasteiger partial charge in [0.1, 0.15) is 5.82 Å². The Labute approximate surface area is 83.9 Å². The minimum absolute atomic E-state index is 0.0295. The Morgan fingerprint density at radius 1 is 1.38 bits per heavy atom. The fourth-order valence-electron chi connectivity index (χ4n) is 0.862. The molecule has 1 aromatic carbocycles. The molecule has 1 rings (SSSR count). The van der Waals surface area contributed by atoms with Crippen LogP contribution in [0.25, 0.3) is 0 Å². The van der Waals surface area contributed by atoms with Crippen LogP contribution in [0.3, 0.4) is 0 Å². The zero-order chi connectivity index (χ0) is 10.0. The number of halogens is 3. The van der Waals surface area contributed by atoms with Crippen molar-refractivity contribution in [2.24, 2.45) is 0 Å². The minimum Gasteiger partial charge on any atom is -0.481 e. The number of hydrogen-bond acceptors (Lipinski definition) is 1. The summed E-state index contributed by atoms with van der Waals surface area (Å²) in [6, 6.07) is 2.22. The van der Waals surface area contributed by atoms with E-state index in [-0.39, 0.29) is 15.6 Å². The van der Waals surface area contributed by atoms with Gasteiger partial charge in [0.2, 0.25) is 0 Å². The second kappa shape index (κ2) is 3.94. The predicted octanol–water partition coefficient (Wildman–Crippen LogP) is 2.76. The molecule has 0 radical (unpaired) electrons. The van der Waals surface area contributed by atoms with Gasteiger partial charge in [-0.3, -0.25) is 4.79 Å². The fraction of sp³-hybridized carbons (Fsp3) is 0.125. The highest BCUT2D eigenvalue weighted by molar-refractivity contribution is 6.42. The molecule has 0 unspecified atom stereocenters. The van der Waals surface area contributed by atoms with E-state index in [1.807, 2.05) is 0 Å². The summed E-state index contributed by atoms with van der Waals surface area (Å²) in [5.74, 6) is -1.77. The van der Waals surface area contributed by atoms with E-state index in [9.17, 15) is 9.18 Å². The van der Waals surface area contributed by atoms with Crippen molar-refractivity contribution in [3.05, 3.63) is 33.6 Å². The van der Waals surface area contributed by atoms with E-state index in [4.69, 9.17) is 28.3 Å². The third-order valence-corrected chi connectivity index (χ3v) is 2.15. The standard InChI is InChI=1S/C8H5Cl2FO2/c9-5-1-4(2-8(12)13)7(11)3-6(5)10/h1,3H,2H2,(H,12,13). The van der Waals surface area contributed by atoms with Gasteiger partial charge in [-0.05, 0) is 12.1 Å². The number of carboxylic acids is 1. The first-order chi connectivity index (χ1) is 6.00. The van der Waals surface area contributed by atoms with E-state index in [0.29, 0.717) is 0 Å². The van der Waals surface area contributed by atoms with Crippen LogP contribution in [-0.2, 0) is 11.2 Å². The zero-order valence-corrected chi connectivity index (χ0v) is 7.86. The molecule has 1 N–H and O–H groups in total. The van der Waals surface area contributed by atoms with Crippen molar-refractivity contribution in [2.45, 2.75) is 6.42 Å². The summed E-state index contributed by atoms with van der Waals surface area (Å²) in [6.45, 7) is 0. The molecule has 70 valence electrons. The van der Waals surface area contributed by atoms with Gasteiger partial charge in [0.25, 0.3) is 0 Å². The normalized spacial score (nSPS) is 10.1. The van der Waals surface area contributed by atoms with Crippen LogP contribution in [0.2, 0.25) is 10.0 Å². The van der Waals surface area contributed by atoms with Gasteiger partial charge in [-0.2, -0.15) is 0 Å². The van der Waals surface area contributed by atoms with Gasteiger partial charge in [0, 0.05) is 5.56 Å². The highest BCUT2D eigenvalue weighted by Gasteiger charge is 2.09. The largest absolute Gasteiger partial charge is 0.481 e. The summed E-state index contributed by atoms with van der Waals surface area (Å²) in [5.41, 5.74) is 0.0295. The van der Waals surface area contributed by atoms with Crippen molar-refractivity contribution in [2.75, 3.05) is 0 Å². The lowest BCUT2D eigenvalue weighted by atomic mass is 10.1. The predicted molar refractivity (Wildman–Crippen MR) is 47.8 cm³/mol. The molecule has 0 aliphatic heterocycles. The fourth-order valence-corrected chi connectivity index (χ4v) is 1.20. The van der Waals surface area contributed by atoms with Crippen LogP contribution < -0.4 is 0 Å². The van der Waals surface area contributed by atoms with Crippen molar-refractivity contribution in [3.8, 4) is 0 Å². The average Bonchev–Trinajstić information content (AvgIpc) is 1.99. The number of aliphatic carboxylic acids is 1. The van der Waals surface area contributed by atoms with Crippen molar-refractivity contribution < 1.29 is 14.3 Å². The zero-order valence-electron chi connectivity index (χ0n) is 6.35. The lowest BCUT2D eigenvalue weighted by Crippen LogP contribution is -2.02. The first-order valence-electron chi connectivity index (χ1n) is 3.36. The lowest BCUT2D eigenvalue weighted by Gasteiger charge is -2.01. The van der Waals surface area contributed by atoms with Crippen LogP contribution in [-0.4, -0.2) is 11.1 Å². The summed E-state index contributed by atoms with van der Waals surface area (Å²) in [4.78, 5) is 10.3. The Balaban J connectivity index is 3.08. The van der Waals surface area contributed by atoms with Crippen LogP contribution in [0.1, 0.15) is 5.56 Å². The van der Waals surface area contributed by atoms with Crippen LogP contribution in [0.15, 0.2) is 12.1 Å². The Morgan fingerprint density at radius 2 is 1.92 bits per heavy atom. The Morgan fingerprint density at radius 3 is 2.46 bits per heavy atom. The molecule has 0 aliphatic rings. The van der Waals surface area contributed by atoms with Crippen LogP contribution >= 0.6 is 23.2 Å². The van der Waals surface area contributed by atoms with E-state index >= 15 is 0 Å². The van der Waals surface area contributed by atoms with E-state index in [1.165, 1.54) is 6.07 Å². The summed E-state index contributed by atoms with van der Waals surface area (Å²) in [5, 5.41) is 8.64. The summed E-state index contributed by atoms with van der Waals surface area (Å²) >= 11 is 11.1. The molecule has 0 spiro atoms. The topological polar surface area (TPSA) is 37.3 Å². The SMILES string of the molecule is O=C(O)Cc1cc(Cl)c(Cl)cc1F. The van der Waals surface area contributed by atoms with Crippen LogP contribution in [0.4, 0.5) is 4.39 Å². The molecular formula is C8H5Cl2FO2. The van der Waals surface area contributed by atoms with E-state index < -0.39 is 18.2 Å². The molecule has 0 saturated heterocycles. The number of carboxylic acid groups (broad SMARTS) is 1. The smallest absolute Gasteiger partial charge is 0.307 e. The summed E-state index contributed by atoms with van der Waals surface area (Å²) < 4.78 is 13.0. The molecule has 0 atom stereocenters. The maximum absolute atomic E-state index is 13.0. The highest BCUT2D eigenvalue weighted by Crippen LogP contribution is 2.25. The summed E-state index contributed by atoms with van der Waals surface area (Å²) in [7, 11) is 0. The van der Waals surface area contributed by atoms with Crippen molar-refractivity contribution >= 4 is 29.2 Å². The number of rotatable bonds is 2. The number of benzene rings is 1. The van der Waals surface area contributed by atoms with E-state index in [0.717, 1.165) is 6.07 Å². The maximum Gasteiger partial charge on any atom is 0.307 e. The monoisotopic (exact) mass is 222 g/mol. The van der Waals surface area contributed by atoms with Gasteiger partial charge in [-0.15, -0.1) is 0 Å². The maximum atomic E-state index is 13.0. The molecule has 13 heavy (non-hydrogen) atoms.